The van der Waals surface area contributed by atoms with E-state index in [2.05, 4.69) is 0 Å². The first-order chi connectivity index (χ1) is 12.4. The number of carbonyl (C=O) groups is 2. The van der Waals surface area contributed by atoms with Crippen LogP contribution in [0.5, 0.6) is 11.5 Å². The molecule has 138 valence electrons. The van der Waals surface area contributed by atoms with Gasteiger partial charge in [-0.25, -0.2) is 9.59 Å². The molecule has 0 aliphatic carbocycles. The molecule has 2 rings (SSSR count). The number of ether oxygens (including phenoxy) is 3. The summed E-state index contributed by atoms with van der Waals surface area (Å²) in [5.74, 6) is -1.27. The maximum Gasteiger partial charge on any atom is 0.342 e. The van der Waals surface area contributed by atoms with Crippen LogP contribution >= 0.6 is 0 Å². The average molecular weight is 361 g/mol. The van der Waals surface area contributed by atoms with Crippen molar-refractivity contribution in [2.24, 2.45) is 0 Å². The van der Waals surface area contributed by atoms with Crippen LogP contribution < -0.4 is 15.0 Å². The Hall–Kier alpha value is -3.29. The standard InChI is InChI=1S/C18H19NO7/c1-4-26-18(23)13-7-8-19(16(20)15(13)17(21)22)10-11-5-6-12(24-2)9-14(11)25-3/h5-9H,4,10H2,1-3H3,(H,21,22). The van der Waals surface area contributed by atoms with Crippen LogP contribution in [-0.2, 0) is 11.3 Å². The van der Waals surface area contributed by atoms with Crippen molar-refractivity contribution in [3.05, 3.63) is 57.5 Å². The normalized spacial score (nSPS) is 10.3. The molecule has 2 aromatic rings. The molecule has 0 unspecified atom stereocenters. The Bertz CT molecular complexity index is 886. The first-order valence-electron chi connectivity index (χ1n) is 7.77. The molecule has 1 N–H and O–H groups in total. The molecule has 26 heavy (non-hydrogen) atoms. The molecule has 0 spiro atoms. The lowest BCUT2D eigenvalue weighted by Crippen LogP contribution is -2.30. The molecule has 8 nitrogen and oxygen atoms in total. The number of aromatic nitrogens is 1. The second kappa shape index (κ2) is 8.19. The first-order valence-corrected chi connectivity index (χ1v) is 7.77. The van der Waals surface area contributed by atoms with Crippen molar-refractivity contribution < 1.29 is 28.9 Å². The Balaban J connectivity index is 2.49. The van der Waals surface area contributed by atoms with Gasteiger partial charge in [-0.2, -0.15) is 0 Å². The lowest BCUT2D eigenvalue weighted by molar-refractivity contribution is 0.0513. The second-order valence-corrected chi connectivity index (χ2v) is 5.24. The number of benzene rings is 1. The van der Waals surface area contributed by atoms with Gasteiger partial charge in [-0.05, 0) is 25.1 Å². The van der Waals surface area contributed by atoms with Crippen molar-refractivity contribution in [3.63, 3.8) is 0 Å². The van der Waals surface area contributed by atoms with Crippen LogP contribution in [0.4, 0.5) is 0 Å². The predicted molar refractivity (Wildman–Crippen MR) is 92.3 cm³/mol. The van der Waals surface area contributed by atoms with Gasteiger partial charge in [0.15, 0.2) is 0 Å². The number of rotatable bonds is 7. The number of pyridine rings is 1. The summed E-state index contributed by atoms with van der Waals surface area (Å²) in [6.07, 6.45) is 1.35. The Kier molecular flexibility index (Phi) is 6.00. The molecule has 0 saturated heterocycles. The van der Waals surface area contributed by atoms with E-state index in [1.54, 1.807) is 25.1 Å². The van der Waals surface area contributed by atoms with Gasteiger partial charge in [-0.1, -0.05) is 0 Å². The summed E-state index contributed by atoms with van der Waals surface area (Å²) in [6.45, 7) is 1.73. The van der Waals surface area contributed by atoms with E-state index >= 15 is 0 Å². The summed E-state index contributed by atoms with van der Waals surface area (Å²) in [7, 11) is 3.00. The van der Waals surface area contributed by atoms with E-state index in [-0.39, 0.29) is 18.7 Å². The van der Waals surface area contributed by atoms with Crippen LogP contribution in [0.3, 0.4) is 0 Å². The highest BCUT2D eigenvalue weighted by atomic mass is 16.5. The third kappa shape index (κ3) is 3.85. The molecule has 1 aromatic carbocycles. The number of nitrogens with zero attached hydrogens (tertiary/aromatic N) is 1. The number of carboxylic acid groups (broad SMARTS) is 1. The fourth-order valence-electron chi connectivity index (χ4n) is 2.45. The monoisotopic (exact) mass is 361 g/mol. The minimum absolute atomic E-state index is 0.0649. The number of hydrogen-bond donors (Lipinski definition) is 1. The SMILES string of the molecule is CCOC(=O)c1ccn(Cc2ccc(OC)cc2OC)c(=O)c1C(=O)O. The van der Waals surface area contributed by atoms with Gasteiger partial charge in [0.25, 0.3) is 5.56 Å². The zero-order chi connectivity index (χ0) is 19.3. The zero-order valence-corrected chi connectivity index (χ0v) is 14.6. The van der Waals surface area contributed by atoms with Gasteiger partial charge < -0.3 is 23.9 Å². The van der Waals surface area contributed by atoms with Crippen molar-refractivity contribution in [1.82, 2.24) is 4.57 Å². The summed E-state index contributed by atoms with van der Waals surface area (Å²) >= 11 is 0. The highest BCUT2D eigenvalue weighted by Gasteiger charge is 2.23. The number of esters is 1. The van der Waals surface area contributed by atoms with E-state index in [0.717, 1.165) is 0 Å². The van der Waals surface area contributed by atoms with Gasteiger partial charge in [0, 0.05) is 17.8 Å². The molecular formula is C18H19NO7. The number of carboxylic acids is 1. The molecule has 0 saturated carbocycles. The minimum atomic E-state index is -1.49. The predicted octanol–water partition coefficient (Wildman–Crippen LogP) is 1.79. The van der Waals surface area contributed by atoms with Gasteiger partial charge in [0.2, 0.25) is 0 Å². The fourth-order valence-corrected chi connectivity index (χ4v) is 2.45. The number of carbonyl (C=O) groups excluding carboxylic acids is 1. The maximum absolute atomic E-state index is 12.6. The molecular weight excluding hydrogens is 342 g/mol. The summed E-state index contributed by atoms with van der Waals surface area (Å²) in [5.41, 5.74) is -1.06. The van der Waals surface area contributed by atoms with Crippen molar-refractivity contribution in [3.8, 4) is 11.5 Å². The Morgan fingerprint density at radius 1 is 1.15 bits per heavy atom. The molecule has 1 heterocycles. The molecule has 0 atom stereocenters. The van der Waals surface area contributed by atoms with E-state index in [1.165, 1.54) is 31.0 Å². The first kappa shape index (κ1) is 19.0. The molecule has 0 aliphatic heterocycles. The van der Waals surface area contributed by atoms with Crippen LogP contribution in [0.2, 0.25) is 0 Å². The highest BCUT2D eigenvalue weighted by molar-refractivity contribution is 6.02. The van der Waals surface area contributed by atoms with Crippen molar-refractivity contribution >= 4 is 11.9 Å². The zero-order valence-electron chi connectivity index (χ0n) is 14.6. The molecule has 0 fully saturated rings. The maximum atomic E-state index is 12.6. The van der Waals surface area contributed by atoms with Gasteiger partial charge in [0.05, 0.1) is 32.9 Å². The summed E-state index contributed by atoms with van der Waals surface area (Å²) in [6, 6.07) is 6.34. The van der Waals surface area contributed by atoms with Crippen molar-refractivity contribution in [1.29, 1.82) is 0 Å². The molecule has 0 radical (unpaired) electrons. The average Bonchev–Trinajstić information content (AvgIpc) is 2.63. The van der Waals surface area contributed by atoms with Gasteiger partial charge in [0.1, 0.15) is 17.1 Å². The van der Waals surface area contributed by atoms with Crippen LogP contribution in [0.15, 0.2) is 35.3 Å². The number of aromatic carboxylic acids is 1. The van der Waals surface area contributed by atoms with Crippen molar-refractivity contribution in [2.75, 3.05) is 20.8 Å². The quantitative estimate of drug-likeness (QED) is 0.750. The summed E-state index contributed by atoms with van der Waals surface area (Å²) in [4.78, 5) is 36.0. The van der Waals surface area contributed by atoms with E-state index in [0.29, 0.717) is 17.1 Å². The smallest absolute Gasteiger partial charge is 0.342 e. The van der Waals surface area contributed by atoms with E-state index < -0.39 is 23.1 Å². The summed E-state index contributed by atoms with van der Waals surface area (Å²) < 4.78 is 16.4. The lowest BCUT2D eigenvalue weighted by atomic mass is 10.1. The molecule has 0 aliphatic rings. The van der Waals surface area contributed by atoms with Crippen LogP contribution in [0.1, 0.15) is 33.2 Å². The van der Waals surface area contributed by atoms with E-state index in [9.17, 15) is 19.5 Å². The van der Waals surface area contributed by atoms with Crippen molar-refractivity contribution in [2.45, 2.75) is 13.5 Å². The number of hydrogen-bond acceptors (Lipinski definition) is 6. The molecule has 0 amide bonds. The molecule has 0 bridgehead atoms. The second-order valence-electron chi connectivity index (χ2n) is 5.24. The Morgan fingerprint density at radius 3 is 2.46 bits per heavy atom. The van der Waals surface area contributed by atoms with Crippen LogP contribution in [-0.4, -0.2) is 42.4 Å². The lowest BCUT2D eigenvalue weighted by Gasteiger charge is -2.13. The third-order valence-corrected chi connectivity index (χ3v) is 3.71. The number of methoxy groups -OCH3 is 2. The fraction of sp³-hybridized carbons (Fsp3) is 0.278. The van der Waals surface area contributed by atoms with Crippen LogP contribution in [0, 0.1) is 0 Å². The van der Waals surface area contributed by atoms with Gasteiger partial charge in [-0.15, -0.1) is 0 Å². The van der Waals surface area contributed by atoms with Gasteiger partial charge >= 0.3 is 11.9 Å². The van der Waals surface area contributed by atoms with Crippen LogP contribution in [0.25, 0.3) is 0 Å². The highest BCUT2D eigenvalue weighted by Crippen LogP contribution is 2.25. The topological polar surface area (TPSA) is 104 Å². The molecule has 1 aromatic heterocycles. The summed E-state index contributed by atoms with van der Waals surface area (Å²) in [5, 5.41) is 9.36. The third-order valence-electron chi connectivity index (χ3n) is 3.71. The Labute approximate surface area is 149 Å². The van der Waals surface area contributed by atoms with E-state index in [1.807, 2.05) is 0 Å². The van der Waals surface area contributed by atoms with Gasteiger partial charge in [-0.3, -0.25) is 4.79 Å². The largest absolute Gasteiger partial charge is 0.497 e. The minimum Gasteiger partial charge on any atom is -0.497 e. The molecule has 8 heteroatoms. The Morgan fingerprint density at radius 2 is 1.88 bits per heavy atom. The van der Waals surface area contributed by atoms with E-state index in [4.69, 9.17) is 14.2 Å².